The minimum Gasteiger partial charge on any atom is -0.490 e. The number of carbonyl (C=O) groups is 1. The van der Waals surface area contributed by atoms with Gasteiger partial charge in [-0.05, 0) is 24.4 Å². The number of nitrogens with two attached hydrogens (primary N) is 1. The number of ether oxygens (including phenoxy) is 1. The molecule has 1 aromatic heterocycles. The lowest BCUT2D eigenvalue weighted by atomic mass is 10.4. The highest BCUT2D eigenvalue weighted by Crippen LogP contribution is 2.34. The van der Waals surface area contributed by atoms with Crippen molar-refractivity contribution in [2.45, 2.75) is 12.8 Å². The molecule has 2 rings (SSSR count). The van der Waals surface area contributed by atoms with Crippen LogP contribution in [-0.4, -0.2) is 30.5 Å². The molecule has 1 amide bonds. The molecule has 0 radical (unpaired) electrons. The molecule has 0 aromatic carbocycles. The number of methoxy groups -OCH3 is 1. The van der Waals surface area contributed by atoms with Gasteiger partial charge in [0.25, 0.3) is 0 Å². The summed E-state index contributed by atoms with van der Waals surface area (Å²) in [5.74, 6) is 1.37. The van der Waals surface area contributed by atoms with E-state index in [0.29, 0.717) is 24.7 Å². The maximum absolute atomic E-state index is 11.4. The van der Waals surface area contributed by atoms with Gasteiger partial charge in [-0.2, -0.15) is 4.37 Å². The molecule has 4 N–H and O–H groups in total. The van der Waals surface area contributed by atoms with E-state index in [2.05, 4.69) is 15.0 Å². The van der Waals surface area contributed by atoms with Gasteiger partial charge in [0.2, 0.25) is 5.91 Å². The fourth-order valence-corrected chi connectivity index (χ4v) is 2.17. The lowest BCUT2D eigenvalue weighted by Gasteiger charge is -2.07. The number of nitrogens with one attached hydrogen (secondary N) is 2. The number of nitrogen functional groups attached to an aromatic ring is 1. The summed E-state index contributed by atoms with van der Waals surface area (Å²) in [4.78, 5) is 11.4. The van der Waals surface area contributed by atoms with Crippen LogP contribution in [0.1, 0.15) is 12.8 Å². The summed E-state index contributed by atoms with van der Waals surface area (Å²) in [6, 6.07) is 0. The van der Waals surface area contributed by atoms with E-state index >= 15 is 0 Å². The van der Waals surface area contributed by atoms with E-state index in [9.17, 15) is 4.79 Å². The molecule has 0 bridgehead atoms. The summed E-state index contributed by atoms with van der Waals surface area (Å²) >= 11 is 1.25. The van der Waals surface area contributed by atoms with Crippen molar-refractivity contribution in [3.63, 3.8) is 0 Å². The molecule has 1 heterocycles. The first-order valence-corrected chi connectivity index (χ1v) is 6.30. The van der Waals surface area contributed by atoms with Crippen LogP contribution in [0.4, 0.5) is 10.8 Å². The SMILES string of the molecule is COc1c(N)nsc1NCCNC(=O)C1CC1. The number of nitrogens with zero attached hydrogens (tertiary/aromatic N) is 1. The highest BCUT2D eigenvalue weighted by atomic mass is 32.1. The third-order valence-electron chi connectivity index (χ3n) is 2.54. The van der Waals surface area contributed by atoms with E-state index in [4.69, 9.17) is 10.5 Å². The molecular weight excluding hydrogens is 240 g/mol. The molecule has 0 saturated heterocycles. The van der Waals surface area contributed by atoms with Gasteiger partial charge in [0.15, 0.2) is 16.6 Å². The van der Waals surface area contributed by atoms with Crippen LogP contribution in [0.25, 0.3) is 0 Å². The predicted octanol–water partition coefficient (Wildman–Crippen LogP) is 0.672. The maximum Gasteiger partial charge on any atom is 0.223 e. The molecule has 0 aliphatic heterocycles. The maximum atomic E-state index is 11.4. The Morgan fingerprint density at radius 1 is 1.59 bits per heavy atom. The molecule has 7 heteroatoms. The molecule has 0 unspecified atom stereocenters. The summed E-state index contributed by atoms with van der Waals surface area (Å²) < 4.78 is 9.10. The zero-order valence-electron chi connectivity index (χ0n) is 9.66. The number of carbonyl (C=O) groups excluding carboxylic acids is 1. The molecule has 1 saturated carbocycles. The monoisotopic (exact) mass is 256 g/mol. The molecule has 1 aromatic rings. The van der Waals surface area contributed by atoms with Gasteiger partial charge in [-0.15, -0.1) is 0 Å². The van der Waals surface area contributed by atoms with E-state index in [-0.39, 0.29) is 11.8 Å². The Labute approximate surface area is 104 Å². The molecule has 0 atom stereocenters. The van der Waals surface area contributed by atoms with Crippen LogP contribution in [0.15, 0.2) is 0 Å². The quantitative estimate of drug-likeness (QED) is 0.651. The lowest BCUT2D eigenvalue weighted by Crippen LogP contribution is -2.29. The van der Waals surface area contributed by atoms with Crippen molar-refractivity contribution in [2.75, 3.05) is 31.2 Å². The summed E-state index contributed by atoms with van der Waals surface area (Å²) in [7, 11) is 1.56. The van der Waals surface area contributed by atoms with Crippen molar-refractivity contribution in [2.24, 2.45) is 5.92 Å². The van der Waals surface area contributed by atoms with Crippen molar-refractivity contribution >= 4 is 28.3 Å². The van der Waals surface area contributed by atoms with Crippen molar-refractivity contribution in [3.05, 3.63) is 0 Å². The van der Waals surface area contributed by atoms with Crippen LogP contribution in [0.2, 0.25) is 0 Å². The van der Waals surface area contributed by atoms with Gasteiger partial charge in [0, 0.05) is 19.0 Å². The number of hydrogen-bond donors (Lipinski definition) is 3. The Bertz CT molecular complexity index is 403. The zero-order valence-corrected chi connectivity index (χ0v) is 10.5. The molecule has 94 valence electrons. The Morgan fingerprint density at radius 2 is 2.35 bits per heavy atom. The third-order valence-corrected chi connectivity index (χ3v) is 3.34. The van der Waals surface area contributed by atoms with E-state index < -0.39 is 0 Å². The second kappa shape index (κ2) is 5.22. The fraction of sp³-hybridized carbons (Fsp3) is 0.600. The standard InChI is InChI=1S/C10H16N4O2S/c1-16-7-8(11)14-17-10(7)13-5-4-12-9(15)6-2-3-6/h6,13H,2-5H2,1H3,(H2,11,14)(H,12,15). The summed E-state index contributed by atoms with van der Waals surface area (Å²) in [6.07, 6.45) is 2.05. The molecule has 1 fully saturated rings. The lowest BCUT2D eigenvalue weighted by molar-refractivity contribution is -0.122. The van der Waals surface area contributed by atoms with Crippen LogP contribution >= 0.6 is 11.5 Å². The Kier molecular flexibility index (Phi) is 3.68. The normalized spacial score (nSPS) is 14.4. The van der Waals surface area contributed by atoms with Crippen LogP contribution in [0.5, 0.6) is 5.75 Å². The first kappa shape index (κ1) is 12.0. The van der Waals surface area contributed by atoms with Gasteiger partial charge >= 0.3 is 0 Å². The van der Waals surface area contributed by atoms with Crippen molar-refractivity contribution in [1.82, 2.24) is 9.69 Å². The molecule has 1 aliphatic rings. The van der Waals surface area contributed by atoms with E-state index in [1.165, 1.54) is 11.5 Å². The third kappa shape index (κ3) is 3.00. The van der Waals surface area contributed by atoms with E-state index in [0.717, 1.165) is 17.8 Å². The Balaban J connectivity index is 1.72. The molecule has 17 heavy (non-hydrogen) atoms. The van der Waals surface area contributed by atoms with Crippen LogP contribution in [0, 0.1) is 5.92 Å². The average Bonchev–Trinajstić information content (AvgIpc) is 3.10. The van der Waals surface area contributed by atoms with Crippen LogP contribution < -0.4 is 21.1 Å². The minimum absolute atomic E-state index is 0.155. The topological polar surface area (TPSA) is 89.3 Å². The second-order valence-electron chi connectivity index (χ2n) is 3.92. The number of aromatic nitrogens is 1. The largest absolute Gasteiger partial charge is 0.490 e. The first-order chi connectivity index (χ1) is 8.22. The zero-order chi connectivity index (χ0) is 12.3. The summed E-state index contributed by atoms with van der Waals surface area (Å²) in [6.45, 7) is 1.23. The van der Waals surface area contributed by atoms with Gasteiger partial charge in [0.05, 0.1) is 7.11 Å². The second-order valence-corrected chi connectivity index (χ2v) is 4.70. The molecule has 1 aliphatic carbocycles. The number of rotatable bonds is 6. The number of hydrogen-bond acceptors (Lipinski definition) is 6. The minimum atomic E-state index is 0.155. The average molecular weight is 256 g/mol. The first-order valence-electron chi connectivity index (χ1n) is 5.53. The Hall–Kier alpha value is -1.50. The van der Waals surface area contributed by atoms with Crippen LogP contribution in [-0.2, 0) is 4.79 Å². The van der Waals surface area contributed by atoms with Gasteiger partial charge in [0.1, 0.15) is 0 Å². The van der Waals surface area contributed by atoms with Gasteiger partial charge in [-0.3, -0.25) is 4.79 Å². The van der Waals surface area contributed by atoms with Crippen LogP contribution in [0.3, 0.4) is 0 Å². The van der Waals surface area contributed by atoms with Crippen molar-refractivity contribution in [3.8, 4) is 5.75 Å². The molecule has 6 nitrogen and oxygen atoms in total. The number of anilines is 2. The molecular formula is C10H16N4O2S. The molecule has 0 spiro atoms. The highest BCUT2D eigenvalue weighted by molar-refractivity contribution is 7.11. The highest BCUT2D eigenvalue weighted by Gasteiger charge is 2.28. The predicted molar refractivity (Wildman–Crippen MR) is 67.3 cm³/mol. The summed E-state index contributed by atoms with van der Waals surface area (Å²) in [5.41, 5.74) is 5.62. The smallest absolute Gasteiger partial charge is 0.223 e. The van der Waals surface area contributed by atoms with E-state index in [1.807, 2.05) is 0 Å². The van der Waals surface area contributed by atoms with Crippen molar-refractivity contribution < 1.29 is 9.53 Å². The summed E-state index contributed by atoms with van der Waals surface area (Å²) in [5, 5.41) is 6.80. The van der Waals surface area contributed by atoms with Gasteiger partial charge in [-0.25, -0.2) is 0 Å². The van der Waals surface area contributed by atoms with Gasteiger partial charge in [-0.1, -0.05) is 0 Å². The van der Waals surface area contributed by atoms with Gasteiger partial charge < -0.3 is 21.1 Å². The fourth-order valence-electron chi connectivity index (χ4n) is 1.46. The number of amides is 1. The Morgan fingerprint density at radius 3 is 3.00 bits per heavy atom. The van der Waals surface area contributed by atoms with Crippen molar-refractivity contribution in [1.29, 1.82) is 0 Å². The van der Waals surface area contributed by atoms with E-state index in [1.54, 1.807) is 7.11 Å².